The third-order valence-corrected chi connectivity index (χ3v) is 6.19. The second-order valence-electron chi connectivity index (χ2n) is 7.51. The molecule has 0 aromatic heterocycles. The van der Waals surface area contributed by atoms with Crippen LogP contribution >= 0.6 is 0 Å². The highest BCUT2D eigenvalue weighted by atomic mass is 32.2. The molecule has 0 spiro atoms. The molecule has 32 heavy (non-hydrogen) atoms. The van der Waals surface area contributed by atoms with Crippen molar-refractivity contribution in [2.75, 3.05) is 0 Å². The second-order valence-corrected chi connectivity index (χ2v) is 9.06. The summed E-state index contributed by atoms with van der Waals surface area (Å²) in [5.74, 6) is 0.226. The first-order valence-corrected chi connectivity index (χ1v) is 11.8. The van der Waals surface area contributed by atoms with Crippen molar-refractivity contribution < 1.29 is 22.1 Å². The molecule has 0 aliphatic carbocycles. The molecular weight excluding hydrogens is 426 g/mol. The molecule has 0 radical (unpaired) electrons. The highest BCUT2D eigenvalue weighted by Crippen LogP contribution is 2.21. The fourth-order valence-electron chi connectivity index (χ4n) is 3.12. The summed E-state index contributed by atoms with van der Waals surface area (Å²) in [5.41, 5.74) is 2.72. The normalized spacial score (nSPS) is 12.1. The minimum absolute atomic E-state index is 0.0998. The van der Waals surface area contributed by atoms with Gasteiger partial charge in [-0.2, -0.15) is 8.42 Å². The minimum atomic E-state index is -3.92. The van der Waals surface area contributed by atoms with E-state index in [0.717, 1.165) is 16.7 Å². The van der Waals surface area contributed by atoms with Crippen LogP contribution in [-0.2, 0) is 27.9 Å². The maximum absolute atomic E-state index is 12.5. The highest BCUT2D eigenvalue weighted by molar-refractivity contribution is 7.87. The Morgan fingerprint density at radius 3 is 2.31 bits per heavy atom. The van der Waals surface area contributed by atoms with Crippen molar-refractivity contribution in [3.63, 3.8) is 0 Å². The molecule has 6 nitrogen and oxygen atoms in total. The van der Waals surface area contributed by atoms with E-state index in [9.17, 15) is 13.2 Å². The average molecular weight is 454 g/mol. The predicted molar refractivity (Wildman–Crippen MR) is 123 cm³/mol. The SMILES string of the molecule is CCC(Cc1cccc(OS(=O)(=O)c2ccc(C)cc2)c1)NC(=O)OCc1ccccc1. The Kier molecular flexibility index (Phi) is 7.89. The zero-order valence-corrected chi connectivity index (χ0v) is 19.0. The fraction of sp³-hybridized carbons (Fsp3) is 0.240. The Hall–Kier alpha value is -3.32. The molecule has 1 amide bonds. The van der Waals surface area contributed by atoms with Gasteiger partial charge < -0.3 is 14.2 Å². The van der Waals surface area contributed by atoms with Crippen LogP contribution in [0.3, 0.4) is 0 Å². The van der Waals surface area contributed by atoms with Crippen LogP contribution in [0.2, 0.25) is 0 Å². The molecule has 7 heteroatoms. The minimum Gasteiger partial charge on any atom is -0.445 e. The average Bonchev–Trinajstić information content (AvgIpc) is 2.78. The Balaban J connectivity index is 1.59. The lowest BCUT2D eigenvalue weighted by molar-refractivity contribution is 0.135. The Labute approximate surface area is 189 Å². The van der Waals surface area contributed by atoms with Gasteiger partial charge in [-0.1, -0.05) is 67.1 Å². The number of aryl methyl sites for hydroxylation is 1. The summed E-state index contributed by atoms with van der Waals surface area (Å²) in [4.78, 5) is 12.3. The first-order valence-electron chi connectivity index (χ1n) is 10.4. The molecule has 0 fully saturated rings. The second kappa shape index (κ2) is 10.8. The van der Waals surface area contributed by atoms with Gasteiger partial charge >= 0.3 is 16.2 Å². The van der Waals surface area contributed by atoms with Crippen LogP contribution < -0.4 is 9.50 Å². The van der Waals surface area contributed by atoms with E-state index < -0.39 is 16.2 Å². The Morgan fingerprint density at radius 2 is 1.62 bits per heavy atom. The molecule has 0 aliphatic rings. The fourth-order valence-corrected chi connectivity index (χ4v) is 4.04. The van der Waals surface area contributed by atoms with E-state index in [4.69, 9.17) is 8.92 Å². The Morgan fingerprint density at radius 1 is 0.938 bits per heavy atom. The standard InChI is InChI=1S/C25H27NO5S/c1-3-22(26-25(27)30-18-20-8-5-4-6-9-20)16-21-10-7-11-23(17-21)31-32(28,29)24-14-12-19(2)13-15-24/h4-15,17,22H,3,16,18H2,1-2H3,(H,26,27). The van der Waals surface area contributed by atoms with E-state index in [2.05, 4.69) is 5.32 Å². The lowest BCUT2D eigenvalue weighted by Gasteiger charge is -2.17. The molecule has 3 aromatic carbocycles. The van der Waals surface area contributed by atoms with Crippen LogP contribution in [0.25, 0.3) is 0 Å². The largest absolute Gasteiger partial charge is 0.445 e. The number of carbonyl (C=O) groups excluding carboxylic acids is 1. The van der Waals surface area contributed by atoms with Crippen molar-refractivity contribution in [1.82, 2.24) is 5.32 Å². The van der Waals surface area contributed by atoms with Crippen molar-refractivity contribution in [3.05, 3.63) is 95.6 Å². The molecule has 3 aromatic rings. The lowest BCUT2D eigenvalue weighted by Crippen LogP contribution is -2.36. The first kappa shape index (κ1) is 23.3. The van der Waals surface area contributed by atoms with Gasteiger partial charge in [0.15, 0.2) is 0 Å². The number of carbonyl (C=O) groups is 1. The topological polar surface area (TPSA) is 81.7 Å². The summed E-state index contributed by atoms with van der Waals surface area (Å²) in [6.45, 7) is 4.05. The van der Waals surface area contributed by atoms with Crippen molar-refractivity contribution in [2.24, 2.45) is 0 Å². The van der Waals surface area contributed by atoms with E-state index in [1.54, 1.807) is 30.3 Å². The number of benzene rings is 3. The zero-order chi connectivity index (χ0) is 23.0. The van der Waals surface area contributed by atoms with E-state index in [-0.39, 0.29) is 23.3 Å². The maximum atomic E-state index is 12.5. The van der Waals surface area contributed by atoms with Crippen LogP contribution in [0.15, 0.2) is 83.8 Å². The molecule has 3 rings (SSSR count). The van der Waals surface area contributed by atoms with Gasteiger partial charge in [0.1, 0.15) is 17.3 Å². The lowest BCUT2D eigenvalue weighted by atomic mass is 10.0. The molecule has 0 saturated carbocycles. The summed E-state index contributed by atoms with van der Waals surface area (Å²) in [6, 6.07) is 22.6. The summed E-state index contributed by atoms with van der Waals surface area (Å²) in [6.07, 6.45) is 0.710. The van der Waals surface area contributed by atoms with Gasteiger partial charge in [-0.25, -0.2) is 4.79 Å². The van der Waals surface area contributed by atoms with Crippen molar-refractivity contribution >= 4 is 16.2 Å². The number of alkyl carbamates (subject to hydrolysis) is 1. The first-order chi connectivity index (χ1) is 15.4. The molecular formula is C25H27NO5S. The van der Waals surface area contributed by atoms with Crippen LogP contribution in [0.5, 0.6) is 5.75 Å². The van der Waals surface area contributed by atoms with Crippen molar-refractivity contribution in [2.45, 2.75) is 44.2 Å². The smallest absolute Gasteiger partial charge is 0.407 e. The molecule has 0 bridgehead atoms. The van der Waals surface area contributed by atoms with Gasteiger partial charge in [0.25, 0.3) is 0 Å². The summed E-state index contributed by atoms with van der Waals surface area (Å²) in [7, 11) is -3.92. The quantitative estimate of drug-likeness (QED) is 0.461. The van der Waals surface area contributed by atoms with E-state index in [0.29, 0.717) is 12.8 Å². The number of hydrogen-bond donors (Lipinski definition) is 1. The summed E-state index contributed by atoms with van der Waals surface area (Å²) < 4.78 is 35.7. The number of hydrogen-bond acceptors (Lipinski definition) is 5. The van der Waals surface area contributed by atoms with Crippen molar-refractivity contribution in [1.29, 1.82) is 0 Å². The van der Waals surface area contributed by atoms with Crippen molar-refractivity contribution in [3.8, 4) is 5.75 Å². The third-order valence-electron chi connectivity index (χ3n) is 4.92. The molecule has 0 saturated heterocycles. The molecule has 0 heterocycles. The number of rotatable bonds is 9. The molecule has 168 valence electrons. The molecule has 1 unspecified atom stereocenters. The van der Waals surface area contributed by atoms with Gasteiger partial charge in [-0.15, -0.1) is 0 Å². The van der Waals surface area contributed by atoms with Gasteiger partial charge in [-0.05, 0) is 55.2 Å². The molecule has 0 aliphatic heterocycles. The summed E-state index contributed by atoms with van der Waals surface area (Å²) in [5, 5.41) is 2.86. The maximum Gasteiger partial charge on any atom is 0.407 e. The van der Waals surface area contributed by atoms with Gasteiger partial charge in [0, 0.05) is 6.04 Å². The van der Waals surface area contributed by atoms with Gasteiger partial charge in [0.2, 0.25) is 0 Å². The highest BCUT2D eigenvalue weighted by Gasteiger charge is 2.17. The van der Waals surface area contributed by atoms with Gasteiger partial charge in [-0.3, -0.25) is 0 Å². The van der Waals surface area contributed by atoms with Crippen LogP contribution in [0.4, 0.5) is 4.79 Å². The zero-order valence-electron chi connectivity index (χ0n) is 18.2. The van der Waals surface area contributed by atoms with E-state index >= 15 is 0 Å². The van der Waals surface area contributed by atoms with E-state index in [1.165, 1.54) is 12.1 Å². The third kappa shape index (κ3) is 6.85. The molecule has 1 atom stereocenters. The predicted octanol–water partition coefficient (Wildman–Crippen LogP) is 5.01. The van der Waals surface area contributed by atoms with Gasteiger partial charge in [0.05, 0.1) is 0 Å². The Bertz CT molecular complexity index is 1130. The van der Waals surface area contributed by atoms with Crippen LogP contribution in [-0.4, -0.2) is 20.6 Å². The number of nitrogens with one attached hydrogen (secondary N) is 1. The van der Waals surface area contributed by atoms with Crippen LogP contribution in [0, 0.1) is 6.92 Å². The number of amides is 1. The van der Waals surface area contributed by atoms with Crippen LogP contribution in [0.1, 0.15) is 30.0 Å². The monoisotopic (exact) mass is 453 g/mol. The molecule has 1 N–H and O–H groups in total. The number of ether oxygens (including phenoxy) is 1. The van der Waals surface area contributed by atoms with E-state index in [1.807, 2.05) is 50.2 Å². The summed E-state index contributed by atoms with van der Waals surface area (Å²) >= 11 is 0.